The number of hydrogen-bond acceptors (Lipinski definition) is 2. The first-order valence-corrected chi connectivity index (χ1v) is 7.99. The van der Waals surface area contributed by atoms with Crippen LogP contribution in [0.2, 0.25) is 0 Å². The Labute approximate surface area is 123 Å². The molecule has 0 unspecified atom stereocenters. The standard InChI is InChI=1S/C18H28N2/c1-2-13-20-18-12-14-19-15-17(18)11-7-6-10-16-8-4-3-5-9-16/h2-5,8-9,17-20H,1,6-7,10-15H2/t17-,18+/m1/s1. The maximum atomic E-state index is 3.80. The lowest BCUT2D eigenvalue weighted by atomic mass is 9.88. The molecule has 1 aromatic carbocycles. The minimum Gasteiger partial charge on any atom is -0.316 e. The zero-order chi connectivity index (χ0) is 14.0. The van der Waals surface area contributed by atoms with Crippen molar-refractivity contribution in [3.05, 3.63) is 48.6 Å². The average Bonchev–Trinajstić information content (AvgIpc) is 2.51. The maximum Gasteiger partial charge on any atom is 0.0135 e. The number of benzene rings is 1. The Bertz CT molecular complexity index is 374. The normalized spacial score (nSPS) is 22.6. The van der Waals surface area contributed by atoms with Gasteiger partial charge in [0.2, 0.25) is 0 Å². The van der Waals surface area contributed by atoms with E-state index in [1.165, 1.54) is 44.2 Å². The molecule has 1 aromatic rings. The Morgan fingerprint density at radius 3 is 2.90 bits per heavy atom. The van der Waals surface area contributed by atoms with Gasteiger partial charge in [-0.25, -0.2) is 0 Å². The van der Waals surface area contributed by atoms with Gasteiger partial charge in [0.25, 0.3) is 0 Å². The van der Waals surface area contributed by atoms with Gasteiger partial charge in [-0.05, 0) is 50.3 Å². The zero-order valence-corrected chi connectivity index (χ0v) is 12.5. The van der Waals surface area contributed by atoms with E-state index in [2.05, 4.69) is 47.5 Å². The van der Waals surface area contributed by atoms with Crippen LogP contribution in [0.25, 0.3) is 0 Å². The summed E-state index contributed by atoms with van der Waals surface area (Å²) in [5.74, 6) is 0.777. The summed E-state index contributed by atoms with van der Waals surface area (Å²) in [4.78, 5) is 0. The highest BCUT2D eigenvalue weighted by atomic mass is 15.0. The Morgan fingerprint density at radius 2 is 2.10 bits per heavy atom. The Morgan fingerprint density at radius 1 is 1.25 bits per heavy atom. The molecule has 0 aliphatic carbocycles. The van der Waals surface area contributed by atoms with Crippen molar-refractivity contribution in [3.8, 4) is 0 Å². The molecule has 1 saturated heterocycles. The minimum absolute atomic E-state index is 0.672. The predicted octanol–water partition coefficient (Wildman–Crippen LogP) is 3.15. The topological polar surface area (TPSA) is 24.1 Å². The van der Waals surface area contributed by atoms with Gasteiger partial charge in [0.15, 0.2) is 0 Å². The van der Waals surface area contributed by atoms with Gasteiger partial charge in [0.05, 0.1) is 0 Å². The molecule has 0 aromatic heterocycles. The smallest absolute Gasteiger partial charge is 0.0135 e. The molecule has 0 amide bonds. The zero-order valence-electron chi connectivity index (χ0n) is 12.5. The molecule has 0 radical (unpaired) electrons. The van der Waals surface area contributed by atoms with Crippen molar-refractivity contribution < 1.29 is 0 Å². The molecular weight excluding hydrogens is 244 g/mol. The number of rotatable bonds is 8. The van der Waals surface area contributed by atoms with E-state index >= 15 is 0 Å². The van der Waals surface area contributed by atoms with Crippen molar-refractivity contribution in [2.24, 2.45) is 5.92 Å². The van der Waals surface area contributed by atoms with Crippen LogP contribution >= 0.6 is 0 Å². The summed E-state index contributed by atoms with van der Waals surface area (Å²) in [6.45, 7) is 7.05. The Balaban J connectivity index is 1.67. The second-order valence-corrected chi connectivity index (χ2v) is 5.79. The first-order valence-electron chi connectivity index (χ1n) is 7.99. The summed E-state index contributed by atoms with van der Waals surface area (Å²) in [6.07, 6.45) is 8.38. The molecule has 2 nitrogen and oxygen atoms in total. The highest BCUT2D eigenvalue weighted by molar-refractivity contribution is 5.14. The number of unbranched alkanes of at least 4 members (excludes halogenated alkanes) is 1. The van der Waals surface area contributed by atoms with Gasteiger partial charge in [-0.1, -0.05) is 42.8 Å². The number of nitrogens with one attached hydrogen (secondary N) is 2. The predicted molar refractivity (Wildman–Crippen MR) is 87.0 cm³/mol. The molecule has 2 atom stereocenters. The van der Waals surface area contributed by atoms with E-state index in [1.54, 1.807) is 0 Å². The molecule has 110 valence electrons. The molecule has 2 rings (SSSR count). The maximum absolute atomic E-state index is 3.80. The van der Waals surface area contributed by atoms with Crippen LogP contribution in [-0.4, -0.2) is 25.7 Å². The van der Waals surface area contributed by atoms with Gasteiger partial charge in [-0.3, -0.25) is 0 Å². The van der Waals surface area contributed by atoms with Crippen molar-refractivity contribution in [3.63, 3.8) is 0 Å². The summed E-state index contributed by atoms with van der Waals surface area (Å²) >= 11 is 0. The summed E-state index contributed by atoms with van der Waals surface area (Å²) < 4.78 is 0. The fourth-order valence-corrected chi connectivity index (χ4v) is 3.11. The van der Waals surface area contributed by atoms with Gasteiger partial charge in [0, 0.05) is 12.6 Å². The summed E-state index contributed by atoms with van der Waals surface area (Å²) in [7, 11) is 0. The molecule has 20 heavy (non-hydrogen) atoms. The third-order valence-electron chi connectivity index (χ3n) is 4.27. The lowest BCUT2D eigenvalue weighted by Gasteiger charge is -2.33. The molecule has 0 bridgehead atoms. The molecule has 0 saturated carbocycles. The second-order valence-electron chi connectivity index (χ2n) is 5.79. The largest absolute Gasteiger partial charge is 0.316 e. The second kappa shape index (κ2) is 8.93. The van der Waals surface area contributed by atoms with Crippen molar-refractivity contribution >= 4 is 0 Å². The van der Waals surface area contributed by atoms with Crippen molar-refractivity contribution in [2.75, 3.05) is 19.6 Å². The highest BCUT2D eigenvalue weighted by Crippen LogP contribution is 2.19. The summed E-state index contributed by atoms with van der Waals surface area (Å²) in [5, 5.41) is 7.16. The molecule has 2 N–H and O–H groups in total. The Kier molecular flexibility index (Phi) is 6.82. The van der Waals surface area contributed by atoms with Gasteiger partial charge in [-0.2, -0.15) is 0 Å². The van der Waals surface area contributed by atoms with E-state index in [4.69, 9.17) is 0 Å². The van der Waals surface area contributed by atoms with Gasteiger partial charge < -0.3 is 10.6 Å². The minimum atomic E-state index is 0.672. The molecule has 2 heteroatoms. The summed E-state index contributed by atoms with van der Waals surface area (Å²) in [5.41, 5.74) is 1.47. The third-order valence-corrected chi connectivity index (χ3v) is 4.27. The summed E-state index contributed by atoms with van der Waals surface area (Å²) in [6, 6.07) is 11.5. The van der Waals surface area contributed by atoms with Gasteiger partial charge in [0.1, 0.15) is 0 Å². The Hall–Kier alpha value is -1.12. The van der Waals surface area contributed by atoms with Crippen LogP contribution in [0.5, 0.6) is 0 Å². The average molecular weight is 272 g/mol. The molecule has 1 heterocycles. The van der Waals surface area contributed by atoms with Crippen molar-refractivity contribution in [1.82, 2.24) is 10.6 Å². The lowest BCUT2D eigenvalue weighted by Crippen LogP contribution is -2.47. The fourth-order valence-electron chi connectivity index (χ4n) is 3.11. The number of piperidine rings is 1. The van der Waals surface area contributed by atoms with E-state index in [9.17, 15) is 0 Å². The van der Waals surface area contributed by atoms with Crippen LogP contribution in [0, 0.1) is 5.92 Å². The van der Waals surface area contributed by atoms with E-state index in [-0.39, 0.29) is 0 Å². The van der Waals surface area contributed by atoms with Crippen LogP contribution in [0.4, 0.5) is 0 Å². The lowest BCUT2D eigenvalue weighted by molar-refractivity contribution is 0.265. The quantitative estimate of drug-likeness (QED) is 0.561. The number of aryl methyl sites for hydroxylation is 1. The van der Waals surface area contributed by atoms with E-state index in [1.807, 2.05) is 6.08 Å². The van der Waals surface area contributed by atoms with Crippen molar-refractivity contribution in [1.29, 1.82) is 0 Å². The first kappa shape index (κ1) is 15.3. The number of hydrogen-bond donors (Lipinski definition) is 2. The van der Waals surface area contributed by atoms with Gasteiger partial charge in [-0.15, -0.1) is 6.58 Å². The molecule has 1 fully saturated rings. The molecule has 1 aliphatic rings. The van der Waals surface area contributed by atoms with Gasteiger partial charge >= 0.3 is 0 Å². The first-order chi connectivity index (χ1) is 9.90. The van der Waals surface area contributed by atoms with E-state index < -0.39 is 0 Å². The van der Waals surface area contributed by atoms with E-state index in [0.717, 1.165) is 19.0 Å². The SMILES string of the molecule is C=CCN[C@H]1CCNC[C@H]1CCCCc1ccccc1. The van der Waals surface area contributed by atoms with Crippen LogP contribution in [0.3, 0.4) is 0 Å². The van der Waals surface area contributed by atoms with Crippen LogP contribution in [-0.2, 0) is 6.42 Å². The molecule has 1 aliphatic heterocycles. The van der Waals surface area contributed by atoms with E-state index in [0.29, 0.717) is 6.04 Å². The fraction of sp³-hybridized carbons (Fsp3) is 0.556. The van der Waals surface area contributed by atoms with Crippen molar-refractivity contribution in [2.45, 2.75) is 38.1 Å². The molecule has 0 spiro atoms. The van der Waals surface area contributed by atoms with Crippen LogP contribution < -0.4 is 10.6 Å². The highest BCUT2D eigenvalue weighted by Gasteiger charge is 2.23. The van der Waals surface area contributed by atoms with Crippen LogP contribution in [0.15, 0.2) is 43.0 Å². The molecular formula is C18H28N2. The van der Waals surface area contributed by atoms with Crippen LogP contribution in [0.1, 0.15) is 31.2 Å². The third kappa shape index (κ3) is 5.10. The monoisotopic (exact) mass is 272 g/mol.